The zero-order valence-electron chi connectivity index (χ0n) is 37.5. The Morgan fingerprint density at radius 1 is 0.729 bits per heavy atom. The number of benzene rings is 3. The van der Waals surface area contributed by atoms with E-state index in [4.69, 9.17) is 47.4 Å². The number of carboxylic acids is 1. The molecule has 23 nitrogen and oxygen atoms in total. The first kappa shape index (κ1) is 51.5. The first-order valence-corrected chi connectivity index (χ1v) is 21.8. The van der Waals surface area contributed by atoms with E-state index in [2.05, 4.69) is 0 Å². The summed E-state index contributed by atoms with van der Waals surface area (Å²) in [7, 11) is 2.63. The molecule has 3 aromatic carbocycles. The first-order chi connectivity index (χ1) is 33.5. The Labute approximate surface area is 398 Å². The molecule has 1 saturated carbocycles. The second kappa shape index (κ2) is 22.1. The first-order valence-electron chi connectivity index (χ1n) is 21.8. The number of ether oxygens (including phenoxy) is 10. The highest BCUT2D eigenvalue weighted by Gasteiger charge is 2.55. The molecular formula is C47H52O23. The topological polar surface area (TPSA) is 343 Å². The molecule has 0 spiro atoms. The molecule has 2 saturated heterocycles. The number of aliphatic hydroxyl groups is 7. The number of phenolic OH excluding ortho intramolecular Hbond substituents is 1. The van der Waals surface area contributed by atoms with E-state index in [1.807, 2.05) is 0 Å². The lowest BCUT2D eigenvalue weighted by Gasteiger charge is -2.44. The van der Waals surface area contributed by atoms with Gasteiger partial charge in [0.25, 0.3) is 0 Å². The molecule has 3 aromatic rings. The summed E-state index contributed by atoms with van der Waals surface area (Å²) in [6, 6.07) is 13.8. The smallest absolute Gasteiger partial charge is 0.343 e. The van der Waals surface area contributed by atoms with Gasteiger partial charge in [-0.05, 0) is 66.6 Å². The quantitative estimate of drug-likeness (QED) is 0.0518. The Kier molecular flexibility index (Phi) is 16.3. The second-order valence-corrected chi connectivity index (χ2v) is 16.7. The monoisotopic (exact) mass is 984 g/mol. The molecule has 0 radical (unpaired) electrons. The van der Waals surface area contributed by atoms with Crippen LogP contribution in [-0.2, 0) is 38.0 Å². The minimum atomic E-state index is -1.87. The van der Waals surface area contributed by atoms with E-state index in [1.54, 1.807) is 6.92 Å². The maximum absolute atomic E-state index is 13.7. The Morgan fingerprint density at radius 2 is 1.33 bits per heavy atom. The SMILES string of the molecule is COc1cc(C=CC(=O)OC2C(OC3OC=C(C(=O)O)C4CC(OC(=O)c5cccc(OC(=O)c6cccc(OC7OC(CO)C(O)C(O)C7O)c6)c5)C(C)C34)OC(CO)C(O)C2O)cc(OC)c1O. The Balaban J connectivity index is 1.03. The summed E-state index contributed by atoms with van der Waals surface area (Å²) < 4.78 is 56.0. The van der Waals surface area contributed by atoms with Gasteiger partial charge in [-0.3, -0.25) is 0 Å². The summed E-state index contributed by atoms with van der Waals surface area (Å²) in [5, 5.41) is 92.2. The minimum Gasteiger partial charge on any atom is -0.502 e. The van der Waals surface area contributed by atoms with Crippen molar-refractivity contribution in [3.63, 3.8) is 0 Å². The Morgan fingerprint density at radius 3 is 1.96 bits per heavy atom. The number of aliphatic carboxylic acids is 1. The highest BCUT2D eigenvalue weighted by atomic mass is 16.8. The van der Waals surface area contributed by atoms with Crippen molar-refractivity contribution in [2.45, 2.75) is 87.2 Å². The van der Waals surface area contributed by atoms with Gasteiger partial charge in [-0.15, -0.1) is 0 Å². The normalized spacial score (nSPS) is 31.6. The third-order valence-corrected chi connectivity index (χ3v) is 12.4. The predicted octanol–water partition coefficient (Wildman–Crippen LogP) is 0.0105. The van der Waals surface area contributed by atoms with E-state index in [0.717, 1.165) is 12.3 Å². The van der Waals surface area contributed by atoms with Crippen molar-refractivity contribution in [3.05, 3.63) is 95.3 Å². The van der Waals surface area contributed by atoms with Crippen LogP contribution in [0.4, 0.5) is 0 Å². The van der Waals surface area contributed by atoms with Crippen molar-refractivity contribution >= 4 is 30.0 Å². The van der Waals surface area contributed by atoms with Gasteiger partial charge in [-0.2, -0.15) is 0 Å². The van der Waals surface area contributed by atoms with E-state index in [1.165, 1.54) is 81.0 Å². The van der Waals surface area contributed by atoms with Crippen LogP contribution in [-0.4, -0.2) is 171 Å². The van der Waals surface area contributed by atoms with Crippen molar-refractivity contribution in [3.8, 4) is 28.7 Å². The van der Waals surface area contributed by atoms with E-state index in [0.29, 0.717) is 5.56 Å². The molecular weight excluding hydrogens is 932 g/mol. The Bertz CT molecular complexity index is 2410. The van der Waals surface area contributed by atoms with Crippen LogP contribution in [0.1, 0.15) is 39.6 Å². The second-order valence-electron chi connectivity index (χ2n) is 16.7. The van der Waals surface area contributed by atoms with Gasteiger partial charge in [0.2, 0.25) is 24.6 Å². The molecule has 4 aliphatic rings. The molecule has 3 fully saturated rings. The molecule has 3 heterocycles. The fourth-order valence-electron chi connectivity index (χ4n) is 8.64. The molecule has 23 heteroatoms. The largest absolute Gasteiger partial charge is 0.502 e. The number of rotatable bonds is 16. The van der Waals surface area contributed by atoms with Gasteiger partial charge < -0.3 is 93.3 Å². The van der Waals surface area contributed by atoms with Crippen LogP contribution >= 0.6 is 0 Å². The lowest BCUT2D eigenvalue weighted by molar-refractivity contribution is -0.343. The summed E-state index contributed by atoms with van der Waals surface area (Å²) >= 11 is 0. The lowest BCUT2D eigenvalue weighted by Crippen LogP contribution is -2.61. The number of carbonyl (C=O) groups is 4. The minimum absolute atomic E-state index is 0.000944. The van der Waals surface area contributed by atoms with Gasteiger partial charge in [0.1, 0.15) is 60.3 Å². The molecule has 0 bridgehead atoms. The third-order valence-electron chi connectivity index (χ3n) is 12.4. The highest BCUT2D eigenvalue weighted by Crippen LogP contribution is 2.49. The molecule has 7 rings (SSSR count). The van der Waals surface area contributed by atoms with Crippen molar-refractivity contribution in [2.75, 3.05) is 27.4 Å². The number of aliphatic hydroxyl groups excluding tert-OH is 7. The summed E-state index contributed by atoms with van der Waals surface area (Å²) in [6.45, 7) is 0.185. The zero-order valence-corrected chi connectivity index (χ0v) is 37.5. The molecule has 378 valence electrons. The summed E-state index contributed by atoms with van der Waals surface area (Å²) in [5.74, 6) is -6.84. The number of esters is 3. The predicted molar refractivity (Wildman–Crippen MR) is 232 cm³/mol. The molecule has 1 aliphatic carbocycles. The molecule has 70 heavy (non-hydrogen) atoms. The number of carbonyl (C=O) groups excluding carboxylic acids is 3. The summed E-state index contributed by atoms with van der Waals surface area (Å²) in [4.78, 5) is 52.6. The number of phenols is 1. The van der Waals surface area contributed by atoms with Crippen LogP contribution in [0.2, 0.25) is 0 Å². The van der Waals surface area contributed by atoms with Crippen molar-refractivity contribution in [2.24, 2.45) is 17.8 Å². The number of carboxylic acid groups (broad SMARTS) is 1. The van der Waals surface area contributed by atoms with E-state index in [9.17, 15) is 65.1 Å². The highest BCUT2D eigenvalue weighted by molar-refractivity contribution is 5.93. The van der Waals surface area contributed by atoms with Crippen LogP contribution in [0, 0.1) is 17.8 Å². The van der Waals surface area contributed by atoms with E-state index in [-0.39, 0.29) is 51.9 Å². The number of aromatic hydroxyl groups is 1. The van der Waals surface area contributed by atoms with Crippen LogP contribution < -0.4 is 18.9 Å². The van der Waals surface area contributed by atoms with Gasteiger partial charge >= 0.3 is 23.9 Å². The van der Waals surface area contributed by atoms with Gasteiger partial charge in [-0.25, -0.2) is 19.2 Å². The molecule has 3 aliphatic heterocycles. The van der Waals surface area contributed by atoms with Gasteiger partial charge in [0, 0.05) is 23.8 Å². The fraction of sp³-hybridized carbons (Fsp3) is 0.447. The molecule has 0 amide bonds. The van der Waals surface area contributed by atoms with Gasteiger partial charge in [-0.1, -0.05) is 19.1 Å². The van der Waals surface area contributed by atoms with E-state index >= 15 is 0 Å². The van der Waals surface area contributed by atoms with Crippen LogP contribution in [0.3, 0.4) is 0 Å². The number of methoxy groups -OCH3 is 2. The van der Waals surface area contributed by atoms with Gasteiger partial charge in [0.15, 0.2) is 17.6 Å². The van der Waals surface area contributed by atoms with Crippen molar-refractivity contribution < 1.29 is 113 Å². The number of fused-ring (bicyclic) bond motifs is 1. The number of hydrogen-bond acceptors (Lipinski definition) is 22. The Hall–Kier alpha value is -6.38. The molecule has 0 aromatic heterocycles. The van der Waals surface area contributed by atoms with Crippen LogP contribution in [0.15, 0.2) is 78.6 Å². The van der Waals surface area contributed by atoms with E-state index < -0.39 is 129 Å². The molecule has 9 N–H and O–H groups in total. The van der Waals surface area contributed by atoms with Crippen molar-refractivity contribution in [1.82, 2.24) is 0 Å². The summed E-state index contributed by atoms with van der Waals surface area (Å²) in [6.07, 6.45) is -15.4. The molecule has 15 atom stereocenters. The average molecular weight is 985 g/mol. The standard InChI is InChI=1S/C47H52O23/c1-20-28(66-44(60)23-7-4-8-24(14-23)64-43(59)22-6-5-9-25(15-22)65-46-40(56)38(54)36(52)31(17-48)67-46)16-26-27(42(57)58)19-63-45(34(20)26)70-47-41(39(55)37(53)32(18-49)68-47)69-33(50)11-10-21-12-29(61-2)35(51)30(13-21)62-3/h4-15,19-20,26,28,31-32,34,36-41,45-49,51-56H,16-18H2,1-3H3,(H,57,58). The summed E-state index contributed by atoms with van der Waals surface area (Å²) in [5.41, 5.74) is 0.0805. The average Bonchev–Trinajstić information content (AvgIpc) is 3.68. The zero-order chi connectivity index (χ0) is 50.6. The van der Waals surface area contributed by atoms with Gasteiger partial charge in [0.05, 0.1) is 50.4 Å². The van der Waals surface area contributed by atoms with Crippen molar-refractivity contribution in [1.29, 1.82) is 0 Å². The third kappa shape index (κ3) is 11.0. The number of hydrogen-bond donors (Lipinski definition) is 9. The molecule has 15 unspecified atom stereocenters. The lowest BCUT2D eigenvalue weighted by atomic mass is 9.83. The van der Waals surface area contributed by atoms with Crippen LogP contribution in [0.5, 0.6) is 28.7 Å². The van der Waals surface area contributed by atoms with Crippen LogP contribution in [0.25, 0.3) is 6.08 Å². The maximum atomic E-state index is 13.7. The maximum Gasteiger partial charge on any atom is 0.343 e. The fourth-order valence-corrected chi connectivity index (χ4v) is 8.64.